The number of aromatic amines is 1. The average Bonchev–Trinajstić information content (AvgIpc) is 3.42. The monoisotopic (exact) mass is 473 g/mol. The van der Waals surface area contributed by atoms with Crippen molar-refractivity contribution in [3.8, 4) is 0 Å². The summed E-state index contributed by atoms with van der Waals surface area (Å²) >= 11 is 7.11. The molecule has 0 bridgehead atoms. The van der Waals surface area contributed by atoms with Gasteiger partial charge in [-0.2, -0.15) is 0 Å². The summed E-state index contributed by atoms with van der Waals surface area (Å²) < 4.78 is 0.513. The summed E-state index contributed by atoms with van der Waals surface area (Å²) in [5.74, 6) is -0.0905. The Bertz CT molecular complexity index is 1090. The molecule has 3 aromatic rings. The fourth-order valence-corrected chi connectivity index (χ4v) is 4.59. The maximum absolute atomic E-state index is 13.1. The smallest absolute Gasteiger partial charge is 0.262 e. The van der Waals surface area contributed by atoms with Crippen molar-refractivity contribution in [2.75, 3.05) is 25.5 Å². The zero-order valence-corrected chi connectivity index (χ0v) is 19.2. The van der Waals surface area contributed by atoms with E-state index in [-0.39, 0.29) is 11.8 Å². The number of halogens is 1. The standard InChI is InChI=1S/C21H24ClN7O2S/c1-29-10-8-13-2-3-15(12-14(13)9-11-29)23-20(30)16(4-7-19-25-27-28-26-19)24-21(31)17-5-6-18(22)32-17/h2-3,5-6,12,16H,4,7-11H2,1H3,(H,23,30)(H,24,31)(H,25,26,27,28)/t16-/m1/s1. The Morgan fingerprint density at radius 1 is 1.22 bits per heavy atom. The molecule has 1 atom stereocenters. The van der Waals surface area contributed by atoms with Crippen LogP contribution in [0.4, 0.5) is 5.69 Å². The Balaban J connectivity index is 1.47. The van der Waals surface area contributed by atoms with E-state index in [0.717, 1.165) is 31.6 Å². The first-order valence-electron chi connectivity index (χ1n) is 10.4. The largest absolute Gasteiger partial charge is 0.340 e. The number of rotatable bonds is 7. The molecule has 0 saturated heterocycles. The predicted octanol–water partition coefficient (Wildman–Crippen LogP) is 2.31. The van der Waals surface area contributed by atoms with Crippen molar-refractivity contribution < 1.29 is 9.59 Å². The average molecular weight is 474 g/mol. The number of tetrazole rings is 1. The van der Waals surface area contributed by atoms with Gasteiger partial charge in [0, 0.05) is 25.2 Å². The van der Waals surface area contributed by atoms with Gasteiger partial charge in [-0.15, -0.1) is 16.4 Å². The summed E-state index contributed by atoms with van der Waals surface area (Å²) in [4.78, 5) is 28.5. The van der Waals surface area contributed by atoms with Crippen molar-refractivity contribution in [3.05, 3.63) is 56.5 Å². The molecule has 32 heavy (non-hydrogen) atoms. The van der Waals surface area contributed by atoms with Crippen LogP contribution < -0.4 is 10.6 Å². The minimum atomic E-state index is -0.765. The second-order valence-electron chi connectivity index (χ2n) is 7.79. The van der Waals surface area contributed by atoms with Crippen LogP contribution in [0.15, 0.2) is 30.3 Å². The van der Waals surface area contributed by atoms with Crippen LogP contribution in [0, 0.1) is 0 Å². The lowest BCUT2D eigenvalue weighted by atomic mass is 10.0. The number of hydrogen-bond donors (Lipinski definition) is 3. The van der Waals surface area contributed by atoms with Crippen molar-refractivity contribution in [2.24, 2.45) is 0 Å². The quantitative estimate of drug-likeness (QED) is 0.485. The highest BCUT2D eigenvalue weighted by molar-refractivity contribution is 7.18. The third kappa shape index (κ3) is 5.70. The summed E-state index contributed by atoms with van der Waals surface area (Å²) in [7, 11) is 2.12. The molecule has 1 aliphatic rings. The number of anilines is 1. The van der Waals surface area contributed by atoms with Gasteiger partial charge in [0.2, 0.25) is 5.91 Å². The normalized spacial score (nSPS) is 14.9. The molecule has 11 heteroatoms. The predicted molar refractivity (Wildman–Crippen MR) is 123 cm³/mol. The van der Waals surface area contributed by atoms with Crippen LogP contribution in [0.25, 0.3) is 0 Å². The van der Waals surface area contributed by atoms with E-state index >= 15 is 0 Å². The molecular weight excluding hydrogens is 450 g/mol. The maximum atomic E-state index is 13.1. The Morgan fingerprint density at radius 3 is 2.75 bits per heavy atom. The van der Waals surface area contributed by atoms with E-state index in [1.54, 1.807) is 12.1 Å². The van der Waals surface area contributed by atoms with Gasteiger partial charge in [0.1, 0.15) is 11.9 Å². The van der Waals surface area contributed by atoms with Crippen molar-refractivity contribution in [2.45, 2.75) is 31.7 Å². The molecule has 4 rings (SSSR count). The van der Waals surface area contributed by atoms with Gasteiger partial charge >= 0.3 is 0 Å². The number of amides is 2. The molecule has 0 aliphatic carbocycles. The number of thiophene rings is 1. The minimum absolute atomic E-state index is 0.292. The number of likely N-dealkylation sites (N-methyl/N-ethyl adjacent to an activating group) is 1. The summed E-state index contributed by atoms with van der Waals surface area (Å²) in [6.45, 7) is 2.01. The topological polar surface area (TPSA) is 116 Å². The molecule has 0 saturated carbocycles. The number of aromatic nitrogens is 4. The molecular formula is C21H24ClN7O2S. The second kappa shape index (κ2) is 10.2. The number of nitrogens with one attached hydrogen (secondary N) is 3. The molecule has 1 aliphatic heterocycles. The van der Waals surface area contributed by atoms with E-state index in [4.69, 9.17) is 11.6 Å². The Kier molecular flexibility index (Phi) is 7.13. The summed E-state index contributed by atoms with van der Waals surface area (Å²) in [5.41, 5.74) is 3.27. The lowest BCUT2D eigenvalue weighted by molar-refractivity contribution is -0.118. The highest BCUT2D eigenvalue weighted by Gasteiger charge is 2.23. The fourth-order valence-electron chi connectivity index (χ4n) is 3.64. The molecule has 168 valence electrons. The van der Waals surface area contributed by atoms with Crippen LogP contribution in [-0.2, 0) is 24.1 Å². The van der Waals surface area contributed by atoms with E-state index in [9.17, 15) is 9.59 Å². The molecule has 3 heterocycles. The van der Waals surface area contributed by atoms with Crippen molar-refractivity contribution in [1.29, 1.82) is 0 Å². The number of benzene rings is 1. The lowest BCUT2D eigenvalue weighted by Crippen LogP contribution is -2.44. The van der Waals surface area contributed by atoms with Gasteiger partial charge in [0.05, 0.1) is 9.21 Å². The van der Waals surface area contributed by atoms with Crippen LogP contribution >= 0.6 is 22.9 Å². The van der Waals surface area contributed by atoms with Crippen LogP contribution in [0.5, 0.6) is 0 Å². The Hall–Kier alpha value is -2.82. The molecule has 0 unspecified atom stereocenters. The number of aryl methyl sites for hydroxylation is 1. The highest BCUT2D eigenvalue weighted by Crippen LogP contribution is 2.22. The van der Waals surface area contributed by atoms with E-state index in [1.165, 1.54) is 22.5 Å². The molecule has 9 nitrogen and oxygen atoms in total. The number of fused-ring (bicyclic) bond motifs is 1. The Morgan fingerprint density at radius 2 is 2.03 bits per heavy atom. The van der Waals surface area contributed by atoms with Gasteiger partial charge in [0.25, 0.3) is 5.91 Å². The van der Waals surface area contributed by atoms with E-state index in [1.807, 2.05) is 12.1 Å². The molecule has 2 amide bonds. The highest BCUT2D eigenvalue weighted by atomic mass is 35.5. The first-order chi connectivity index (χ1) is 15.5. The van der Waals surface area contributed by atoms with Gasteiger partial charge in [-0.1, -0.05) is 17.7 Å². The maximum Gasteiger partial charge on any atom is 0.262 e. The molecule has 2 aromatic heterocycles. The fraction of sp³-hybridized carbons (Fsp3) is 0.381. The zero-order chi connectivity index (χ0) is 22.5. The summed E-state index contributed by atoms with van der Waals surface area (Å²) in [5, 5.41) is 19.4. The number of H-pyrrole nitrogens is 1. The first-order valence-corrected chi connectivity index (χ1v) is 11.6. The molecule has 0 fully saturated rings. The summed E-state index contributed by atoms with van der Waals surface area (Å²) in [6.07, 6.45) is 2.68. The van der Waals surface area contributed by atoms with Gasteiger partial charge < -0.3 is 15.5 Å². The van der Waals surface area contributed by atoms with Crippen LogP contribution in [-0.4, -0.2) is 63.5 Å². The van der Waals surface area contributed by atoms with Gasteiger partial charge in [-0.05, 0) is 72.1 Å². The SMILES string of the molecule is CN1CCc2ccc(NC(=O)[C@@H](CCc3nnn[nH]3)NC(=O)c3ccc(Cl)s3)cc2CC1. The van der Waals surface area contributed by atoms with Crippen molar-refractivity contribution in [1.82, 2.24) is 30.8 Å². The first kappa shape index (κ1) is 22.4. The lowest BCUT2D eigenvalue weighted by Gasteiger charge is -2.18. The van der Waals surface area contributed by atoms with Crippen LogP contribution in [0.3, 0.4) is 0 Å². The van der Waals surface area contributed by atoms with Crippen LogP contribution in [0.2, 0.25) is 4.34 Å². The number of carbonyl (C=O) groups excluding carboxylic acids is 2. The molecule has 0 spiro atoms. The third-order valence-corrected chi connectivity index (χ3v) is 6.71. The zero-order valence-electron chi connectivity index (χ0n) is 17.6. The van der Waals surface area contributed by atoms with Gasteiger partial charge in [-0.25, -0.2) is 5.10 Å². The van der Waals surface area contributed by atoms with E-state index < -0.39 is 6.04 Å². The Labute approximate surface area is 194 Å². The van der Waals surface area contributed by atoms with Crippen LogP contribution in [0.1, 0.15) is 33.0 Å². The van der Waals surface area contributed by atoms with E-state index in [2.05, 4.69) is 49.3 Å². The molecule has 0 radical (unpaired) electrons. The minimum Gasteiger partial charge on any atom is -0.340 e. The molecule has 1 aromatic carbocycles. The van der Waals surface area contributed by atoms with Gasteiger partial charge in [0.15, 0.2) is 0 Å². The van der Waals surface area contributed by atoms with Crippen molar-refractivity contribution in [3.63, 3.8) is 0 Å². The number of hydrogen-bond acceptors (Lipinski definition) is 7. The second-order valence-corrected chi connectivity index (χ2v) is 9.51. The summed E-state index contributed by atoms with van der Waals surface area (Å²) in [6, 6.07) is 8.56. The third-order valence-electron chi connectivity index (χ3n) is 5.48. The van der Waals surface area contributed by atoms with Gasteiger partial charge in [-0.3, -0.25) is 9.59 Å². The number of carbonyl (C=O) groups is 2. The van der Waals surface area contributed by atoms with Crippen molar-refractivity contribution >= 4 is 40.4 Å². The number of nitrogens with zero attached hydrogens (tertiary/aromatic N) is 4. The van der Waals surface area contributed by atoms with E-state index in [0.29, 0.717) is 27.9 Å². The molecule has 3 N–H and O–H groups in total.